The first-order valence-corrected chi connectivity index (χ1v) is 6.10. The number of aromatic nitrogens is 2. The third-order valence-electron chi connectivity index (χ3n) is 3.20. The molecule has 1 aromatic rings. The predicted octanol–water partition coefficient (Wildman–Crippen LogP) is -0.129. The van der Waals surface area contributed by atoms with Gasteiger partial charge in [0.25, 0.3) is 0 Å². The Morgan fingerprint density at radius 1 is 1.67 bits per heavy atom. The van der Waals surface area contributed by atoms with E-state index in [0.717, 1.165) is 11.3 Å². The summed E-state index contributed by atoms with van der Waals surface area (Å²) in [5, 5.41) is 9.82. The minimum absolute atomic E-state index is 0.00162. The lowest BCUT2D eigenvalue weighted by Crippen LogP contribution is -2.42. The van der Waals surface area contributed by atoms with Crippen molar-refractivity contribution in [2.24, 2.45) is 13.0 Å². The van der Waals surface area contributed by atoms with Gasteiger partial charge in [-0.2, -0.15) is 5.10 Å². The smallest absolute Gasteiger partial charge is 0.225 e. The fraction of sp³-hybridized carbons (Fsp3) is 0.583. The Kier molecular flexibility index (Phi) is 3.64. The molecule has 0 saturated carbocycles. The van der Waals surface area contributed by atoms with Gasteiger partial charge in [0.2, 0.25) is 11.8 Å². The normalized spacial score (nSPS) is 19.4. The van der Waals surface area contributed by atoms with Crippen LogP contribution in [0.3, 0.4) is 0 Å². The summed E-state index contributed by atoms with van der Waals surface area (Å²) in [6.07, 6.45) is 2.96. The lowest BCUT2D eigenvalue weighted by Gasteiger charge is -2.21. The van der Waals surface area contributed by atoms with Crippen molar-refractivity contribution < 1.29 is 9.59 Å². The van der Waals surface area contributed by atoms with Gasteiger partial charge in [-0.3, -0.25) is 14.3 Å². The van der Waals surface area contributed by atoms with E-state index in [2.05, 4.69) is 15.7 Å². The van der Waals surface area contributed by atoms with E-state index in [1.807, 2.05) is 20.2 Å². The Morgan fingerprint density at radius 2 is 2.44 bits per heavy atom. The summed E-state index contributed by atoms with van der Waals surface area (Å²) in [5.41, 5.74) is 1.94. The van der Waals surface area contributed by atoms with Crippen LogP contribution in [-0.4, -0.2) is 28.1 Å². The second kappa shape index (κ2) is 5.20. The molecule has 1 atom stereocenters. The summed E-state index contributed by atoms with van der Waals surface area (Å²) in [5.74, 6) is -0.0833. The van der Waals surface area contributed by atoms with Gasteiger partial charge in [-0.1, -0.05) is 0 Å². The highest BCUT2D eigenvalue weighted by Gasteiger charge is 2.24. The number of hydrogen-bond donors (Lipinski definition) is 2. The van der Waals surface area contributed by atoms with Crippen LogP contribution in [0.15, 0.2) is 6.20 Å². The number of hydrogen-bond acceptors (Lipinski definition) is 3. The van der Waals surface area contributed by atoms with Crippen LogP contribution in [0, 0.1) is 12.8 Å². The van der Waals surface area contributed by atoms with Gasteiger partial charge in [-0.05, 0) is 13.3 Å². The molecular formula is C12H18N4O2. The molecule has 18 heavy (non-hydrogen) atoms. The third kappa shape index (κ3) is 2.88. The maximum Gasteiger partial charge on any atom is 0.225 e. The lowest BCUT2D eigenvalue weighted by molar-refractivity contribution is -0.129. The molecule has 1 aromatic heterocycles. The molecule has 0 aliphatic carbocycles. The molecule has 0 bridgehead atoms. The van der Waals surface area contributed by atoms with Crippen molar-refractivity contribution in [3.05, 3.63) is 17.5 Å². The zero-order valence-electron chi connectivity index (χ0n) is 10.7. The molecule has 1 unspecified atom stereocenters. The van der Waals surface area contributed by atoms with Crippen LogP contribution in [0.2, 0.25) is 0 Å². The lowest BCUT2D eigenvalue weighted by atomic mass is 9.98. The molecule has 0 spiro atoms. The molecule has 98 valence electrons. The number of piperidine rings is 1. The molecule has 2 N–H and O–H groups in total. The first-order chi connectivity index (χ1) is 8.56. The summed E-state index contributed by atoms with van der Waals surface area (Å²) in [4.78, 5) is 22.9. The molecule has 0 radical (unpaired) electrons. The first-order valence-electron chi connectivity index (χ1n) is 6.10. The van der Waals surface area contributed by atoms with E-state index < -0.39 is 0 Å². The standard InChI is InChI=1S/C12H18N4O2/c1-8-10(7-16(2)15-8)6-14-12(18)9-3-4-11(17)13-5-9/h7,9H,3-6H2,1-2H3,(H,13,17)(H,14,18). The molecule has 1 fully saturated rings. The van der Waals surface area contributed by atoms with E-state index >= 15 is 0 Å². The van der Waals surface area contributed by atoms with Gasteiger partial charge in [-0.15, -0.1) is 0 Å². The van der Waals surface area contributed by atoms with Gasteiger partial charge in [0.05, 0.1) is 11.6 Å². The monoisotopic (exact) mass is 250 g/mol. The zero-order valence-corrected chi connectivity index (χ0v) is 10.7. The van der Waals surface area contributed by atoms with Crippen molar-refractivity contribution in [3.63, 3.8) is 0 Å². The molecule has 2 rings (SSSR count). The van der Waals surface area contributed by atoms with Gasteiger partial charge in [-0.25, -0.2) is 0 Å². The quantitative estimate of drug-likeness (QED) is 0.784. The second-order valence-electron chi connectivity index (χ2n) is 4.67. The molecule has 1 aliphatic heterocycles. The van der Waals surface area contributed by atoms with Crippen molar-refractivity contribution in [2.75, 3.05) is 6.54 Å². The van der Waals surface area contributed by atoms with Crippen LogP contribution in [0.1, 0.15) is 24.1 Å². The van der Waals surface area contributed by atoms with E-state index in [0.29, 0.717) is 25.9 Å². The third-order valence-corrected chi connectivity index (χ3v) is 3.20. The fourth-order valence-electron chi connectivity index (χ4n) is 2.11. The molecule has 6 heteroatoms. The maximum absolute atomic E-state index is 11.9. The van der Waals surface area contributed by atoms with Crippen LogP contribution < -0.4 is 10.6 Å². The number of carbonyl (C=O) groups is 2. The molecular weight excluding hydrogens is 232 g/mol. The van der Waals surface area contributed by atoms with Crippen LogP contribution in [-0.2, 0) is 23.2 Å². The highest BCUT2D eigenvalue weighted by molar-refractivity contribution is 5.83. The number of nitrogens with one attached hydrogen (secondary N) is 2. The van der Waals surface area contributed by atoms with Gasteiger partial charge >= 0.3 is 0 Å². The summed E-state index contributed by atoms with van der Waals surface area (Å²) >= 11 is 0. The molecule has 1 saturated heterocycles. The SMILES string of the molecule is Cc1nn(C)cc1CNC(=O)C1CCC(=O)NC1. The van der Waals surface area contributed by atoms with Gasteiger partial charge in [0.15, 0.2) is 0 Å². The molecule has 1 aliphatic rings. The molecule has 2 amide bonds. The van der Waals surface area contributed by atoms with Crippen molar-refractivity contribution in [1.82, 2.24) is 20.4 Å². The van der Waals surface area contributed by atoms with Crippen LogP contribution >= 0.6 is 0 Å². The minimum atomic E-state index is -0.111. The van der Waals surface area contributed by atoms with Crippen LogP contribution in [0.4, 0.5) is 0 Å². The predicted molar refractivity (Wildman–Crippen MR) is 65.5 cm³/mol. The maximum atomic E-state index is 11.9. The average molecular weight is 250 g/mol. The van der Waals surface area contributed by atoms with Gasteiger partial charge in [0.1, 0.15) is 0 Å². The van der Waals surface area contributed by atoms with E-state index in [1.54, 1.807) is 4.68 Å². The summed E-state index contributed by atoms with van der Waals surface area (Å²) in [7, 11) is 1.86. The van der Waals surface area contributed by atoms with Crippen molar-refractivity contribution in [1.29, 1.82) is 0 Å². The minimum Gasteiger partial charge on any atom is -0.355 e. The summed E-state index contributed by atoms with van der Waals surface area (Å²) < 4.78 is 1.73. The van der Waals surface area contributed by atoms with Crippen molar-refractivity contribution >= 4 is 11.8 Å². The molecule has 2 heterocycles. The van der Waals surface area contributed by atoms with E-state index in [9.17, 15) is 9.59 Å². The second-order valence-corrected chi connectivity index (χ2v) is 4.67. The van der Waals surface area contributed by atoms with Crippen LogP contribution in [0.25, 0.3) is 0 Å². The van der Waals surface area contributed by atoms with Gasteiger partial charge < -0.3 is 10.6 Å². The number of aryl methyl sites for hydroxylation is 2. The fourth-order valence-corrected chi connectivity index (χ4v) is 2.11. The number of rotatable bonds is 3. The van der Waals surface area contributed by atoms with Gasteiger partial charge in [0, 0.05) is 38.3 Å². The van der Waals surface area contributed by atoms with Crippen molar-refractivity contribution in [3.8, 4) is 0 Å². The highest BCUT2D eigenvalue weighted by atomic mass is 16.2. The number of nitrogens with zero attached hydrogens (tertiary/aromatic N) is 2. The first kappa shape index (κ1) is 12.6. The summed E-state index contributed by atoms with van der Waals surface area (Å²) in [6, 6.07) is 0. The Morgan fingerprint density at radius 3 is 3.00 bits per heavy atom. The van der Waals surface area contributed by atoms with E-state index in [4.69, 9.17) is 0 Å². The zero-order chi connectivity index (χ0) is 13.1. The largest absolute Gasteiger partial charge is 0.355 e. The van der Waals surface area contributed by atoms with Crippen molar-refractivity contribution in [2.45, 2.75) is 26.3 Å². The Balaban J connectivity index is 1.85. The van der Waals surface area contributed by atoms with E-state index in [-0.39, 0.29) is 17.7 Å². The molecule has 0 aromatic carbocycles. The summed E-state index contributed by atoms with van der Waals surface area (Å²) in [6.45, 7) is 2.85. The van der Waals surface area contributed by atoms with E-state index in [1.165, 1.54) is 0 Å². The average Bonchev–Trinajstić information content (AvgIpc) is 2.66. The highest BCUT2D eigenvalue weighted by Crippen LogP contribution is 2.11. The topological polar surface area (TPSA) is 76.0 Å². The molecule has 6 nitrogen and oxygen atoms in total. The van der Waals surface area contributed by atoms with Crippen LogP contribution in [0.5, 0.6) is 0 Å². The Bertz CT molecular complexity index is 457. The Hall–Kier alpha value is -1.85. The number of carbonyl (C=O) groups excluding carboxylic acids is 2. The Labute approximate surface area is 106 Å². The number of amides is 2.